The molecule has 59 heavy (non-hydrogen) atoms. The van der Waals surface area contributed by atoms with Crippen LogP contribution in [0.3, 0.4) is 0 Å². The summed E-state index contributed by atoms with van der Waals surface area (Å²) < 4.78 is 11.1. The fourth-order valence-electron chi connectivity index (χ4n) is 8.20. The van der Waals surface area contributed by atoms with Crippen molar-refractivity contribution in [3.05, 3.63) is 124 Å². The first-order chi connectivity index (χ1) is 28.9. The zero-order valence-electron chi connectivity index (χ0n) is 31.9. The number of benzene rings is 4. The SMILES string of the molecule is Nc1nc2c(c(C#CCCCCc3cn(Cc4ccc(Cn5cc(-c6ccc7ccc8cccc9ccc6c7c89)nn5)cn4)nn3)cn2[C@H]2C[C@H](O)[C@@H](CO)O2)c(=O)[nH]1. The van der Waals surface area contributed by atoms with Gasteiger partial charge in [0.05, 0.1) is 54.3 Å². The topological polar surface area (TPSA) is 201 Å². The molecule has 0 aliphatic carbocycles. The summed E-state index contributed by atoms with van der Waals surface area (Å²) in [6.45, 7) is 0.727. The van der Waals surface area contributed by atoms with E-state index in [2.05, 4.69) is 108 Å². The molecule has 6 heterocycles. The number of rotatable bonds is 11. The third-order valence-electron chi connectivity index (χ3n) is 11.1. The quantitative estimate of drug-likeness (QED) is 0.0786. The molecule has 0 saturated carbocycles. The van der Waals surface area contributed by atoms with Crippen LogP contribution in [0.15, 0.2) is 96.3 Å². The number of fused-ring (bicyclic) bond motifs is 1. The van der Waals surface area contributed by atoms with Crippen LogP contribution in [0.1, 0.15) is 54.4 Å². The maximum absolute atomic E-state index is 12.8. The van der Waals surface area contributed by atoms with Gasteiger partial charge in [-0.3, -0.25) is 14.8 Å². The summed E-state index contributed by atoms with van der Waals surface area (Å²) in [5, 5.41) is 45.2. The number of unbranched alkanes of at least 4 members (excludes halogenated alkanes) is 2. The van der Waals surface area contributed by atoms with Gasteiger partial charge in [0.15, 0.2) is 5.65 Å². The molecule has 1 fully saturated rings. The second-order valence-electron chi connectivity index (χ2n) is 15.1. The van der Waals surface area contributed by atoms with Crippen molar-refractivity contribution in [2.75, 3.05) is 12.3 Å². The predicted octanol–water partition coefficient (Wildman–Crippen LogP) is 4.95. The molecule has 0 radical (unpaired) electrons. The van der Waals surface area contributed by atoms with Crippen LogP contribution in [-0.2, 0) is 24.2 Å². The van der Waals surface area contributed by atoms with Gasteiger partial charge in [-0.15, -0.1) is 10.2 Å². The maximum atomic E-state index is 12.8. The van der Waals surface area contributed by atoms with E-state index in [-0.39, 0.29) is 19.0 Å². The van der Waals surface area contributed by atoms with Crippen LogP contribution in [-0.4, -0.2) is 78.5 Å². The third kappa shape index (κ3) is 6.93. The van der Waals surface area contributed by atoms with E-state index in [0.717, 1.165) is 47.5 Å². The summed E-state index contributed by atoms with van der Waals surface area (Å²) in [4.78, 5) is 24.4. The van der Waals surface area contributed by atoms with Crippen molar-refractivity contribution >= 4 is 49.3 Å². The van der Waals surface area contributed by atoms with Crippen molar-refractivity contribution < 1.29 is 14.9 Å². The summed E-state index contributed by atoms with van der Waals surface area (Å²) >= 11 is 0. The van der Waals surface area contributed by atoms with Crippen molar-refractivity contribution in [3.8, 4) is 23.1 Å². The molecular formula is C44H39N11O4. The molecule has 0 amide bonds. The highest BCUT2D eigenvalue weighted by Crippen LogP contribution is 2.39. The number of ether oxygens (including phenoxy) is 1. The summed E-state index contributed by atoms with van der Waals surface area (Å²) in [5.74, 6) is 6.25. The van der Waals surface area contributed by atoms with Crippen LogP contribution in [0.2, 0.25) is 0 Å². The number of hydrogen-bond donors (Lipinski definition) is 4. The van der Waals surface area contributed by atoms with Crippen molar-refractivity contribution in [1.29, 1.82) is 0 Å². The van der Waals surface area contributed by atoms with Gasteiger partial charge in [0, 0.05) is 37.0 Å². The second kappa shape index (κ2) is 15.1. The second-order valence-corrected chi connectivity index (χ2v) is 15.1. The molecule has 294 valence electrons. The Morgan fingerprint density at radius 3 is 2.47 bits per heavy atom. The fraction of sp³-hybridized carbons (Fsp3) is 0.250. The molecular weight excluding hydrogens is 747 g/mol. The van der Waals surface area contributed by atoms with Gasteiger partial charge in [0.1, 0.15) is 18.0 Å². The molecule has 10 rings (SSSR count). The number of nitrogens with zero attached hydrogens (tertiary/aromatic N) is 9. The lowest BCUT2D eigenvalue weighted by Crippen LogP contribution is -2.24. The monoisotopic (exact) mass is 785 g/mol. The van der Waals surface area contributed by atoms with Gasteiger partial charge in [-0.25, -0.2) is 9.36 Å². The van der Waals surface area contributed by atoms with Crippen LogP contribution in [0.25, 0.3) is 54.6 Å². The number of anilines is 1. The molecule has 1 saturated heterocycles. The predicted molar refractivity (Wildman–Crippen MR) is 222 cm³/mol. The highest BCUT2D eigenvalue weighted by atomic mass is 16.5. The third-order valence-corrected chi connectivity index (χ3v) is 11.1. The fourth-order valence-corrected chi connectivity index (χ4v) is 8.20. The molecule has 1 aliphatic rings. The number of aromatic nitrogens is 10. The largest absolute Gasteiger partial charge is 0.394 e. The zero-order valence-corrected chi connectivity index (χ0v) is 31.9. The molecule has 15 heteroatoms. The Balaban J connectivity index is 0.736. The Bertz CT molecular complexity index is 3080. The number of aromatic amines is 1. The van der Waals surface area contributed by atoms with Crippen molar-refractivity contribution in [1.82, 2.24) is 49.5 Å². The minimum atomic E-state index is -0.841. The zero-order chi connectivity index (χ0) is 40.0. The van der Waals surface area contributed by atoms with Crippen molar-refractivity contribution in [2.24, 2.45) is 0 Å². The molecule has 1 aliphatic heterocycles. The van der Waals surface area contributed by atoms with E-state index in [1.54, 1.807) is 15.4 Å². The van der Waals surface area contributed by atoms with Crippen LogP contribution in [0.4, 0.5) is 5.95 Å². The highest BCUT2D eigenvalue weighted by molar-refractivity contribution is 6.25. The minimum absolute atomic E-state index is 0.0320. The van der Waals surface area contributed by atoms with Gasteiger partial charge in [-0.1, -0.05) is 82.9 Å². The molecule has 0 spiro atoms. The average molecular weight is 786 g/mol. The summed E-state index contributed by atoms with van der Waals surface area (Å²) in [5.41, 5.74) is 10.9. The smallest absolute Gasteiger partial charge is 0.263 e. The summed E-state index contributed by atoms with van der Waals surface area (Å²) in [7, 11) is 0. The lowest BCUT2D eigenvalue weighted by molar-refractivity contribution is -0.0430. The first-order valence-corrected chi connectivity index (χ1v) is 19.6. The number of nitrogen functional groups attached to an aromatic ring is 1. The molecule has 9 aromatic rings. The van der Waals surface area contributed by atoms with Crippen molar-refractivity contribution in [3.63, 3.8) is 0 Å². The first-order valence-electron chi connectivity index (χ1n) is 19.6. The highest BCUT2D eigenvalue weighted by Gasteiger charge is 2.35. The summed E-state index contributed by atoms with van der Waals surface area (Å²) in [6.07, 6.45) is 8.60. The average Bonchev–Trinajstić information content (AvgIpc) is 4.06. The van der Waals surface area contributed by atoms with Crippen LogP contribution >= 0.6 is 0 Å². The van der Waals surface area contributed by atoms with Gasteiger partial charge in [0.2, 0.25) is 5.95 Å². The number of aliphatic hydroxyl groups is 2. The lowest BCUT2D eigenvalue weighted by Gasteiger charge is -2.14. The van der Waals surface area contributed by atoms with E-state index < -0.39 is 24.0 Å². The molecule has 5 N–H and O–H groups in total. The number of hydrogen-bond acceptors (Lipinski definition) is 11. The first kappa shape index (κ1) is 36.4. The molecule has 3 atom stereocenters. The number of nitrogens with one attached hydrogen (secondary N) is 1. The lowest BCUT2D eigenvalue weighted by atomic mass is 9.91. The van der Waals surface area contributed by atoms with Gasteiger partial charge in [-0.05, 0) is 63.2 Å². The summed E-state index contributed by atoms with van der Waals surface area (Å²) in [6, 6.07) is 23.6. The Labute approximate surface area is 336 Å². The van der Waals surface area contributed by atoms with Crippen LogP contribution in [0.5, 0.6) is 0 Å². The minimum Gasteiger partial charge on any atom is -0.394 e. The van der Waals surface area contributed by atoms with E-state index in [9.17, 15) is 15.0 Å². The molecule has 0 unspecified atom stereocenters. The maximum Gasteiger partial charge on any atom is 0.263 e. The molecule has 4 aromatic carbocycles. The number of H-pyrrole nitrogens is 1. The van der Waals surface area contributed by atoms with Crippen LogP contribution < -0.4 is 11.3 Å². The number of pyridine rings is 1. The number of aliphatic hydroxyl groups excluding tert-OH is 2. The number of aryl methyl sites for hydroxylation is 1. The normalized spacial score (nSPS) is 16.8. The Morgan fingerprint density at radius 2 is 1.66 bits per heavy atom. The van der Waals surface area contributed by atoms with E-state index in [1.165, 1.54) is 32.3 Å². The standard InChI is InChI=1S/C44H39N11O4/c45-44-47-42-41(43(58)48-44)30(21-55(42)38-18-36(57)37(25-56)59-38)6-3-1-2-4-9-32-23-54(51-49-32)22-31-15-10-26(19-46-31)20-53-24-35(50-52-53)33-16-13-29-12-11-27-7-5-8-28-14-17-34(33)40(29)39(27)28/h5,7-8,10-17,19,21,23-24,36-38,56-57H,1-2,4,9,18,20,22,25H2,(H3,45,47,48,58)/t36-,37+,38+/m0/s1. The van der Waals surface area contributed by atoms with E-state index in [0.29, 0.717) is 36.1 Å². The van der Waals surface area contributed by atoms with Gasteiger partial charge in [-0.2, -0.15) is 4.98 Å². The van der Waals surface area contributed by atoms with Crippen molar-refractivity contribution in [2.45, 2.75) is 63.6 Å². The molecule has 5 aromatic heterocycles. The Hall–Kier alpha value is -6.99. The van der Waals surface area contributed by atoms with Gasteiger partial charge >= 0.3 is 0 Å². The van der Waals surface area contributed by atoms with E-state index >= 15 is 0 Å². The Kier molecular flexibility index (Phi) is 9.29. The molecule has 0 bridgehead atoms. The van der Waals surface area contributed by atoms with E-state index in [1.807, 2.05) is 29.3 Å². The number of nitrogens with two attached hydrogens (primary N) is 1. The van der Waals surface area contributed by atoms with E-state index in [4.69, 9.17) is 10.5 Å². The Morgan fingerprint density at radius 1 is 0.864 bits per heavy atom. The van der Waals surface area contributed by atoms with Crippen LogP contribution in [0, 0.1) is 11.8 Å². The van der Waals surface area contributed by atoms with Gasteiger partial charge < -0.3 is 25.3 Å². The molecule has 15 nitrogen and oxygen atoms in total. The van der Waals surface area contributed by atoms with Gasteiger partial charge in [0.25, 0.3) is 5.56 Å².